The highest BCUT2D eigenvalue weighted by Crippen LogP contribution is 2.18. The molecule has 0 radical (unpaired) electrons. The Balaban J connectivity index is 2.28. The molecule has 0 saturated heterocycles. The molecule has 104 valence electrons. The molecule has 0 fully saturated rings. The summed E-state index contributed by atoms with van der Waals surface area (Å²) in [4.78, 5) is 16.2. The number of amides is 1. The quantitative estimate of drug-likeness (QED) is 0.855. The van der Waals surface area contributed by atoms with Crippen LogP contribution in [0.1, 0.15) is 5.56 Å². The van der Waals surface area contributed by atoms with Crippen molar-refractivity contribution in [2.75, 3.05) is 0 Å². The molecule has 1 aromatic carbocycles. The maximum Gasteiger partial charge on any atom is 0.237 e. The fourth-order valence-electron chi connectivity index (χ4n) is 1.49. The van der Waals surface area contributed by atoms with E-state index in [9.17, 15) is 4.79 Å². The zero-order valence-electron chi connectivity index (χ0n) is 10.8. The van der Waals surface area contributed by atoms with Gasteiger partial charge in [-0.1, -0.05) is 17.7 Å². The van der Waals surface area contributed by atoms with Gasteiger partial charge in [-0.25, -0.2) is 4.98 Å². The molecule has 0 atom stereocenters. The van der Waals surface area contributed by atoms with Crippen LogP contribution in [0.25, 0.3) is 0 Å². The minimum absolute atomic E-state index is 0.0639. The molecule has 20 heavy (non-hydrogen) atoms. The number of carbonyl (C=O) groups is 1. The second-order valence-electron chi connectivity index (χ2n) is 4.16. The highest BCUT2D eigenvalue weighted by molar-refractivity contribution is 9.10. The highest BCUT2D eigenvalue weighted by atomic mass is 79.9. The molecule has 2 N–H and O–H groups in total. The topological polar surface area (TPSA) is 73.3 Å². The van der Waals surface area contributed by atoms with E-state index in [1.807, 2.05) is 31.2 Å². The lowest BCUT2D eigenvalue weighted by Gasteiger charge is -2.04. The van der Waals surface area contributed by atoms with Gasteiger partial charge in [0.15, 0.2) is 5.49 Å². The van der Waals surface area contributed by atoms with E-state index in [-0.39, 0.29) is 6.54 Å². The Morgan fingerprint density at radius 3 is 2.80 bits per heavy atom. The van der Waals surface area contributed by atoms with E-state index in [4.69, 9.17) is 5.73 Å². The average molecular weight is 353 g/mol. The van der Waals surface area contributed by atoms with Gasteiger partial charge in [0.05, 0.1) is 6.20 Å². The lowest BCUT2D eigenvalue weighted by molar-refractivity contribution is -0.118. The Morgan fingerprint density at radius 1 is 1.45 bits per heavy atom. The minimum Gasteiger partial charge on any atom is -0.368 e. The van der Waals surface area contributed by atoms with Crippen LogP contribution in [0.5, 0.6) is 0 Å². The Bertz CT molecular complexity index is 682. The molecule has 5 nitrogen and oxygen atoms in total. The van der Waals surface area contributed by atoms with E-state index in [0.717, 1.165) is 4.90 Å². The Labute approximate surface area is 129 Å². The van der Waals surface area contributed by atoms with Crippen LogP contribution < -0.4 is 11.2 Å². The predicted molar refractivity (Wildman–Crippen MR) is 81.7 cm³/mol. The van der Waals surface area contributed by atoms with Crippen molar-refractivity contribution in [3.63, 3.8) is 0 Å². The van der Waals surface area contributed by atoms with Gasteiger partial charge in [-0.05, 0) is 35.0 Å². The lowest BCUT2D eigenvalue weighted by Crippen LogP contribution is -2.28. The van der Waals surface area contributed by atoms with Crippen LogP contribution in [-0.4, -0.2) is 15.5 Å². The third kappa shape index (κ3) is 4.21. The Hall–Kier alpha value is -1.60. The van der Waals surface area contributed by atoms with Crippen molar-refractivity contribution in [3.05, 3.63) is 52.3 Å². The number of benzene rings is 1. The molecule has 0 bridgehead atoms. The van der Waals surface area contributed by atoms with Gasteiger partial charge in [-0.2, -0.15) is 4.40 Å². The highest BCUT2D eigenvalue weighted by Gasteiger charge is 2.01. The van der Waals surface area contributed by atoms with Gasteiger partial charge >= 0.3 is 0 Å². The first-order chi connectivity index (χ1) is 9.54. The molecule has 1 aromatic heterocycles. The molecule has 1 heterocycles. The van der Waals surface area contributed by atoms with E-state index in [0.29, 0.717) is 10.1 Å². The number of hydrogen-bond acceptors (Lipinski definition) is 4. The van der Waals surface area contributed by atoms with Gasteiger partial charge in [-0.15, -0.1) is 0 Å². The first kappa shape index (κ1) is 14.8. The number of hydrogen-bond donors (Lipinski definition) is 1. The summed E-state index contributed by atoms with van der Waals surface area (Å²) in [5.41, 5.74) is 7.00. The van der Waals surface area contributed by atoms with Crippen molar-refractivity contribution in [2.24, 2.45) is 10.1 Å². The summed E-state index contributed by atoms with van der Waals surface area (Å²) < 4.78 is 6.67. The van der Waals surface area contributed by atoms with Crippen LogP contribution >= 0.6 is 27.9 Å². The lowest BCUT2D eigenvalue weighted by atomic mass is 10.2. The van der Waals surface area contributed by atoms with Crippen molar-refractivity contribution in [3.8, 4) is 0 Å². The Kier molecular flexibility index (Phi) is 4.97. The standard InChI is InChI=1S/C13H13BrN4OS/c1-9-2-4-10(5-3-9)20-17-13-6-16-11(14)7-18(13)8-12(15)19/h2-7H,8H2,1H3,(H2,15,19)/b17-13+. The number of rotatable bonds is 4. The van der Waals surface area contributed by atoms with Gasteiger partial charge in [0.1, 0.15) is 11.1 Å². The summed E-state index contributed by atoms with van der Waals surface area (Å²) in [6.07, 6.45) is 3.27. The SMILES string of the molecule is Cc1ccc(S/N=c2\cnc(Br)cn2CC(N)=O)cc1. The van der Waals surface area contributed by atoms with E-state index in [1.54, 1.807) is 17.0 Å². The predicted octanol–water partition coefficient (Wildman–Crippen LogP) is 2.05. The van der Waals surface area contributed by atoms with E-state index in [1.165, 1.54) is 17.5 Å². The first-order valence-corrected chi connectivity index (χ1v) is 7.39. The fraction of sp³-hybridized carbons (Fsp3) is 0.154. The Morgan fingerprint density at radius 2 is 2.15 bits per heavy atom. The minimum atomic E-state index is -0.426. The second-order valence-corrected chi connectivity index (χ2v) is 5.81. The number of aryl methyl sites for hydroxylation is 1. The summed E-state index contributed by atoms with van der Waals surface area (Å²) in [6, 6.07) is 8.03. The molecule has 1 amide bonds. The van der Waals surface area contributed by atoms with Crippen molar-refractivity contribution in [1.82, 2.24) is 9.55 Å². The number of primary amides is 1. The fourth-order valence-corrected chi connectivity index (χ4v) is 2.45. The maximum absolute atomic E-state index is 11.1. The zero-order chi connectivity index (χ0) is 14.5. The number of halogens is 1. The normalized spacial score (nSPS) is 11.6. The van der Waals surface area contributed by atoms with Crippen LogP contribution in [0.15, 0.2) is 50.6 Å². The summed E-state index contributed by atoms with van der Waals surface area (Å²) in [7, 11) is 0. The summed E-state index contributed by atoms with van der Waals surface area (Å²) in [6.45, 7) is 2.10. The molecule has 0 aliphatic heterocycles. The average Bonchev–Trinajstić information content (AvgIpc) is 2.39. The van der Waals surface area contributed by atoms with Crippen LogP contribution in [0.3, 0.4) is 0 Å². The number of nitrogens with two attached hydrogens (primary N) is 1. The number of nitrogens with zero attached hydrogens (tertiary/aromatic N) is 3. The monoisotopic (exact) mass is 352 g/mol. The van der Waals surface area contributed by atoms with Crippen molar-refractivity contribution in [2.45, 2.75) is 18.4 Å². The maximum atomic E-state index is 11.1. The first-order valence-electron chi connectivity index (χ1n) is 5.82. The summed E-state index contributed by atoms with van der Waals surface area (Å²) in [5.74, 6) is -0.426. The van der Waals surface area contributed by atoms with E-state index >= 15 is 0 Å². The molecule has 0 aliphatic carbocycles. The third-order valence-corrected chi connectivity index (χ3v) is 3.62. The van der Waals surface area contributed by atoms with Gasteiger partial charge in [0.2, 0.25) is 5.91 Å². The third-order valence-electron chi connectivity index (χ3n) is 2.45. The van der Waals surface area contributed by atoms with Gasteiger partial charge in [-0.3, -0.25) is 4.79 Å². The van der Waals surface area contributed by atoms with Crippen molar-refractivity contribution in [1.29, 1.82) is 0 Å². The summed E-state index contributed by atoms with van der Waals surface area (Å²) >= 11 is 4.58. The van der Waals surface area contributed by atoms with Gasteiger partial charge in [0, 0.05) is 23.0 Å². The zero-order valence-corrected chi connectivity index (χ0v) is 13.2. The van der Waals surface area contributed by atoms with E-state index in [2.05, 4.69) is 25.3 Å². The smallest absolute Gasteiger partial charge is 0.237 e. The van der Waals surface area contributed by atoms with Gasteiger partial charge in [0.25, 0.3) is 0 Å². The van der Waals surface area contributed by atoms with Crippen LogP contribution in [0.4, 0.5) is 0 Å². The summed E-state index contributed by atoms with van der Waals surface area (Å²) in [5, 5.41) is 0. The number of aromatic nitrogens is 2. The van der Waals surface area contributed by atoms with Crippen LogP contribution in [0, 0.1) is 6.92 Å². The van der Waals surface area contributed by atoms with Crippen LogP contribution in [-0.2, 0) is 11.3 Å². The largest absolute Gasteiger partial charge is 0.368 e. The molecular formula is C13H13BrN4OS. The van der Waals surface area contributed by atoms with Crippen molar-refractivity contribution >= 4 is 33.8 Å². The molecule has 0 spiro atoms. The number of carbonyl (C=O) groups excluding carboxylic acids is 1. The molecule has 0 saturated carbocycles. The van der Waals surface area contributed by atoms with Gasteiger partial charge < -0.3 is 10.3 Å². The molecule has 7 heteroatoms. The van der Waals surface area contributed by atoms with Crippen molar-refractivity contribution < 1.29 is 4.79 Å². The second kappa shape index (κ2) is 6.71. The van der Waals surface area contributed by atoms with Crippen LogP contribution in [0.2, 0.25) is 0 Å². The van der Waals surface area contributed by atoms with E-state index < -0.39 is 5.91 Å². The molecule has 2 rings (SSSR count). The molecule has 0 unspecified atom stereocenters. The molecular weight excluding hydrogens is 340 g/mol. The molecule has 2 aromatic rings. The molecule has 0 aliphatic rings.